The van der Waals surface area contributed by atoms with E-state index in [-0.39, 0.29) is 5.91 Å². The van der Waals surface area contributed by atoms with Crippen molar-refractivity contribution in [2.75, 3.05) is 13.1 Å². The Labute approximate surface area is 83.5 Å². The molecule has 1 atom stereocenters. The summed E-state index contributed by atoms with van der Waals surface area (Å²) in [6, 6.07) is 5.25. The van der Waals surface area contributed by atoms with Crippen molar-refractivity contribution in [3.8, 4) is 0 Å². The fraction of sp³-hybridized carbons (Fsp3) is 0.400. The Kier molecular flexibility index (Phi) is 4.07. The van der Waals surface area contributed by atoms with Crippen LogP contribution in [0.15, 0.2) is 24.4 Å². The summed E-state index contributed by atoms with van der Waals surface area (Å²) in [5.41, 5.74) is 5.87. The highest BCUT2D eigenvalue weighted by molar-refractivity contribution is 5.92. The predicted octanol–water partition coefficient (Wildman–Crippen LogP) is 0.406. The van der Waals surface area contributed by atoms with Crippen LogP contribution in [0.3, 0.4) is 0 Å². The van der Waals surface area contributed by atoms with Gasteiger partial charge in [0, 0.05) is 12.7 Å². The minimum Gasteiger partial charge on any atom is -0.350 e. The minimum atomic E-state index is -0.147. The van der Waals surface area contributed by atoms with Crippen LogP contribution >= 0.6 is 0 Å². The molecule has 0 saturated heterocycles. The molecule has 1 aromatic heterocycles. The van der Waals surface area contributed by atoms with Gasteiger partial charge in [0.05, 0.1) is 0 Å². The molecule has 0 aromatic carbocycles. The Hall–Kier alpha value is -1.42. The average Bonchev–Trinajstić information content (AvgIpc) is 2.26. The summed E-state index contributed by atoms with van der Waals surface area (Å²) in [6.07, 6.45) is 1.60. The molecule has 1 aromatic rings. The van der Waals surface area contributed by atoms with Crippen LogP contribution in [0.2, 0.25) is 0 Å². The second-order valence-corrected chi connectivity index (χ2v) is 3.27. The zero-order valence-corrected chi connectivity index (χ0v) is 8.23. The standard InChI is InChI=1S/C10H15N3O/c1-8(6-11)7-13-10(14)9-4-2-3-5-12-9/h2-5,8H,6-7,11H2,1H3,(H,13,14). The number of nitrogens with one attached hydrogen (secondary N) is 1. The molecule has 1 unspecified atom stereocenters. The summed E-state index contributed by atoms with van der Waals surface area (Å²) in [5, 5.41) is 2.77. The lowest BCUT2D eigenvalue weighted by Gasteiger charge is -2.09. The molecular formula is C10H15N3O. The van der Waals surface area contributed by atoms with Crippen LogP contribution in [0.1, 0.15) is 17.4 Å². The number of pyridine rings is 1. The normalized spacial score (nSPS) is 12.1. The van der Waals surface area contributed by atoms with Gasteiger partial charge in [-0.25, -0.2) is 0 Å². The topological polar surface area (TPSA) is 68.0 Å². The van der Waals surface area contributed by atoms with Crippen LogP contribution in [-0.2, 0) is 0 Å². The molecule has 1 amide bonds. The number of nitrogens with two attached hydrogens (primary N) is 1. The molecule has 0 aliphatic rings. The molecule has 0 aliphatic heterocycles. The lowest BCUT2D eigenvalue weighted by atomic mass is 10.2. The van der Waals surface area contributed by atoms with Crippen molar-refractivity contribution in [1.82, 2.24) is 10.3 Å². The van der Waals surface area contributed by atoms with Gasteiger partial charge in [-0.2, -0.15) is 0 Å². The van der Waals surface area contributed by atoms with Crippen LogP contribution < -0.4 is 11.1 Å². The molecule has 1 rings (SSSR count). The van der Waals surface area contributed by atoms with E-state index >= 15 is 0 Å². The number of rotatable bonds is 4. The number of aromatic nitrogens is 1. The van der Waals surface area contributed by atoms with E-state index < -0.39 is 0 Å². The summed E-state index contributed by atoms with van der Waals surface area (Å²) in [5.74, 6) is 0.147. The molecule has 4 nitrogen and oxygen atoms in total. The van der Waals surface area contributed by atoms with Crippen LogP contribution in [0.25, 0.3) is 0 Å². The van der Waals surface area contributed by atoms with Gasteiger partial charge in [0.15, 0.2) is 0 Å². The van der Waals surface area contributed by atoms with Gasteiger partial charge in [-0.05, 0) is 24.6 Å². The first-order chi connectivity index (χ1) is 6.74. The van der Waals surface area contributed by atoms with Gasteiger partial charge >= 0.3 is 0 Å². The molecule has 0 aliphatic carbocycles. The zero-order chi connectivity index (χ0) is 10.4. The SMILES string of the molecule is CC(CN)CNC(=O)c1ccccn1. The minimum absolute atomic E-state index is 0.147. The highest BCUT2D eigenvalue weighted by atomic mass is 16.1. The van der Waals surface area contributed by atoms with E-state index in [0.717, 1.165) is 0 Å². The fourth-order valence-electron chi connectivity index (χ4n) is 0.938. The maximum absolute atomic E-state index is 11.5. The summed E-state index contributed by atoms with van der Waals surface area (Å²) >= 11 is 0. The van der Waals surface area contributed by atoms with Gasteiger partial charge in [0.1, 0.15) is 5.69 Å². The van der Waals surface area contributed by atoms with Crippen molar-refractivity contribution in [1.29, 1.82) is 0 Å². The fourth-order valence-corrected chi connectivity index (χ4v) is 0.938. The quantitative estimate of drug-likeness (QED) is 0.727. The average molecular weight is 193 g/mol. The van der Waals surface area contributed by atoms with E-state index in [1.54, 1.807) is 24.4 Å². The smallest absolute Gasteiger partial charge is 0.269 e. The molecule has 4 heteroatoms. The summed E-state index contributed by atoms with van der Waals surface area (Å²) in [6.45, 7) is 3.15. The largest absolute Gasteiger partial charge is 0.350 e. The van der Waals surface area contributed by atoms with Crippen molar-refractivity contribution in [2.24, 2.45) is 11.7 Å². The number of amides is 1. The Balaban J connectivity index is 2.44. The molecule has 0 fully saturated rings. The van der Waals surface area contributed by atoms with E-state index in [2.05, 4.69) is 10.3 Å². The first kappa shape index (κ1) is 10.7. The van der Waals surface area contributed by atoms with E-state index in [1.807, 2.05) is 6.92 Å². The van der Waals surface area contributed by atoms with Gasteiger partial charge in [-0.1, -0.05) is 13.0 Å². The van der Waals surface area contributed by atoms with Crippen LogP contribution in [-0.4, -0.2) is 24.0 Å². The first-order valence-corrected chi connectivity index (χ1v) is 4.63. The van der Waals surface area contributed by atoms with Crippen molar-refractivity contribution in [3.05, 3.63) is 30.1 Å². The number of carbonyl (C=O) groups is 1. The molecule has 76 valence electrons. The molecule has 14 heavy (non-hydrogen) atoms. The molecule has 0 saturated carbocycles. The lowest BCUT2D eigenvalue weighted by Crippen LogP contribution is -2.31. The van der Waals surface area contributed by atoms with E-state index in [1.165, 1.54) is 0 Å². The Morgan fingerprint density at radius 3 is 3.00 bits per heavy atom. The maximum Gasteiger partial charge on any atom is 0.269 e. The van der Waals surface area contributed by atoms with Crippen LogP contribution in [0.4, 0.5) is 0 Å². The third-order valence-electron chi connectivity index (χ3n) is 1.91. The summed E-state index contributed by atoms with van der Waals surface area (Å²) in [7, 11) is 0. The third kappa shape index (κ3) is 3.14. The van der Waals surface area contributed by atoms with Gasteiger partial charge in [-0.3, -0.25) is 9.78 Å². The first-order valence-electron chi connectivity index (χ1n) is 4.63. The molecule has 3 N–H and O–H groups in total. The molecule has 1 heterocycles. The second-order valence-electron chi connectivity index (χ2n) is 3.27. The number of hydrogen-bond acceptors (Lipinski definition) is 3. The molecule has 0 radical (unpaired) electrons. The lowest BCUT2D eigenvalue weighted by molar-refractivity contribution is 0.0943. The Morgan fingerprint density at radius 2 is 2.43 bits per heavy atom. The van der Waals surface area contributed by atoms with Crippen molar-refractivity contribution >= 4 is 5.91 Å². The highest BCUT2D eigenvalue weighted by Gasteiger charge is 2.06. The second kappa shape index (κ2) is 5.34. The van der Waals surface area contributed by atoms with Gasteiger partial charge in [-0.15, -0.1) is 0 Å². The highest BCUT2D eigenvalue weighted by Crippen LogP contribution is 1.94. The van der Waals surface area contributed by atoms with E-state index in [4.69, 9.17) is 5.73 Å². The number of nitrogens with zero attached hydrogens (tertiary/aromatic N) is 1. The van der Waals surface area contributed by atoms with Crippen LogP contribution in [0.5, 0.6) is 0 Å². The van der Waals surface area contributed by atoms with Gasteiger partial charge in [0.25, 0.3) is 5.91 Å². The third-order valence-corrected chi connectivity index (χ3v) is 1.91. The van der Waals surface area contributed by atoms with E-state index in [0.29, 0.717) is 24.7 Å². The zero-order valence-electron chi connectivity index (χ0n) is 8.23. The summed E-state index contributed by atoms with van der Waals surface area (Å²) in [4.78, 5) is 15.4. The van der Waals surface area contributed by atoms with E-state index in [9.17, 15) is 4.79 Å². The van der Waals surface area contributed by atoms with Crippen molar-refractivity contribution < 1.29 is 4.79 Å². The van der Waals surface area contributed by atoms with Crippen molar-refractivity contribution in [3.63, 3.8) is 0 Å². The monoisotopic (exact) mass is 193 g/mol. The van der Waals surface area contributed by atoms with Gasteiger partial charge < -0.3 is 11.1 Å². The number of hydrogen-bond donors (Lipinski definition) is 2. The molecule has 0 spiro atoms. The maximum atomic E-state index is 11.5. The van der Waals surface area contributed by atoms with Gasteiger partial charge in [0.2, 0.25) is 0 Å². The van der Waals surface area contributed by atoms with Crippen molar-refractivity contribution in [2.45, 2.75) is 6.92 Å². The molecule has 0 bridgehead atoms. The Morgan fingerprint density at radius 1 is 1.64 bits per heavy atom. The molecular weight excluding hydrogens is 178 g/mol. The Bertz CT molecular complexity index is 287. The predicted molar refractivity (Wildman–Crippen MR) is 54.8 cm³/mol. The summed E-state index contributed by atoms with van der Waals surface area (Å²) < 4.78 is 0. The van der Waals surface area contributed by atoms with Crippen LogP contribution in [0, 0.1) is 5.92 Å². The number of carbonyl (C=O) groups excluding carboxylic acids is 1.